The molecule has 130 valence electrons. The zero-order chi connectivity index (χ0) is 18.0. The molecule has 0 unspecified atom stereocenters. The molecule has 3 aromatic rings. The molecule has 5 nitrogen and oxygen atoms in total. The number of esters is 1. The number of carbonyl (C=O) groups excluding carboxylic acids is 1. The normalized spacial score (nSPS) is 11.1. The molecule has 3 rings (SSSR count). The van der Waals surface area contributed by atoms with Crippen LogP contribution in [0.3, 0.4) is 0 Å². The molecule has 0 bridgehead atoms. The third-order valence-corrected chi connectivity index (χ3v) is 3.85. The van der Waals surface area contributed by atoms with Gasteiger partial charge in [-0.25, -0.2) is 4.79 Å². The van der Waals surface area contributed by atoms with Crippen LogP contribution in [-0.4, -0.2) is 21.9 Å². The Kier molecular flexibility index (Phi) is 4.74. The Morgan fingerprint density at radius 2 is 1.96 bits per heavy atom. The van der Waals surface area contributed by atoms with Gasteiger partial charge in [-0.1, -0.05) is 30.3 Å². The second-order valence-electron chi connectivity index (χ2n) is 6.38. The standard InChI is InChI=1S/C20H22N2O3/c1-13(2)24-20(23)18-15(4)25-19(16-8-6-5-7-9-16)17(18)12-22-11-14(3)10-21-22/h5-11,13H,12H2,1-4H3. The van der Waals surface area contributed by atoms with Crippen molar-refractivity contribution in [1.82, 2.24) is 9.78 Å². The van der Waals surface area contributed by atoms with E-state index in [9.17, 15) is 4.79 Å². The van der Waals surface area contributed by atoms with E-state index < -0.39 is 0 Å². The van der Waals surface area contributed by atoms with Gasteiger partial charge in [-0.3, -0.25) is 4.68 Å². The quantitative estimate of drug-likeness (QED) is 0.648. The molecule has 0 N–H and O–H groups in total. The first kappa shape index (κ1) is 17.0. The molecule has 0 saturated carbocycles. The molecule has 0 aliphatic carbocycles. The second kappa shape index (κ2) is 6.97. The van der Waals surface area contributed by atoms with Gasteiger partial charge in [0.1, 0.15) is 17.1 Å². The predicted octanol–water partition coefficient (Wildman–Crippen LogP) is 4.37. The highest BCUT2D eigenvalue weighted by Crippen LogP contribution is 2.32. The maximum atomic E-state index is 12.6. The van der Waals surface area contributed by atoms with Crippen molar-refractivity contribution in [2.45, 2.75) is 40.3 Å². The predicted molar refractivity (Wildman–Crippen MR) is 95.5 cm³/mol. The van der Waals surface area contributed by atoms with E-state index in [0.29, 0.717) is 23.6 Å². The van der Waals surface area contributed by atoms with E-state index in [1.165, 1.54) is 0 Å². The molecule has 0 saturated heterocycles. The van der Waals surface area contributed by atoms with E-state index in [-0.39, 0.29) is 12.1 Å². The zero-order valence-corrected chi connectivity index (χ0v) is 14.9. The maximum Gasteiger partial charge on any atom is 0.342 e. The average molecular weight is 338 g/mol. The van der Waals surface area contributed by atoms with Gasteiger partial charge in [-0.05, 0) is 33.3 Å². The van der Waals surface area contributed by atoms with Crippen molar-refractivity contribution in [3.63, 3.8) is 0 Å². The number of aryl methyl sites for hydroxylation is 2. The Morgan fingerprint density at radius 1 is 1.24 bits per heavy atom. The summed E-state index contributed by atoms with van der Waals surface area (Å²) in [6, 6.07) is 9.77. The van der Waals surface area contributed by atoms with Gasteiger partial charge in [0.2, 0.25) is 0 Å². The Hall–Kier alpha value is -2.82. The minimum atomic E-state index is -0.364. The summed E-state index contributed by atoms with van der Waals surface area (Å²) in [4.78, 5) is 12.6. The third kappa shape index (κ3) is 3.65. The fourth-order valence-electron chi connectivity index (χ4n) is 2.82. The number of hydrogen-bond acceptors (Lipinski definition) is 4. The smallest absolute Gasteiger partial charge is 0.342 e. The van der Waals surface area contributed by atoms with E-state index in [1.807, 2.05) is 57.3 Å². The van der Waals surface area contributed by atoms with E-state index in [4.69, 9.17) is 9.15 Å². The zero-order valence-electron chi connectivity index (χ0n) is 14.9. The van der Waals surface area contributed by atoms with Crippen LogP contribution in [0, 0.1) is 13.8 Å². The van der Waals surface area contributed by atoms with Crippen molar-refractivity contribution in [3.05, 3.63) is 65.2 Å². The first-order chi connectivity index (χ1) is 12.0. The number of aromatic nitrogens is 2. The SMILES string of the molecule is Cc1cnn(Cc2c(-c3ccccc3)oc(C)c2C(=O)OC(C)C)c1. The third-order valence-electron chi connectivity index (χ3n) is 3.85. The highest BCUT2D eigenvalue weighted by molar-refractivity contribution is 5.94. The summed E-state index contributed by atoms with van der Waals surface area (Å²) in [6.45, 7) is 7.89. The van der Waals surface area contributed by atoms with E-state index in [1.54, 1.807) is 17.8 Å². The molecule has 0 aliphatic heterocycles. The summed E-state index contributed by atoms with van der Waals surface area (Å²) >= 11 is 0. The molecule has 25 heavy (non-hydrogen) atoms. The van der Waals surface area contributed by atoms with Gasteiger partial charge in [0.05, 0.1) is 18.8 Å². The van der Waals surface area contributed by atoms with Gasteiger partial charge in [0, 0.05) is 17.3 Å². The Morgan fingerprint density at radius 3 is 2.56 bits per heavy atom. The van der Waals surface area contributed by atoms with Gasteiger partial charge in [-0.2, -0.15) is 5.10 Å². The molecule has 0 atom stereocenters. The summed E-state index contributed by atoms with van der Waals surface area (Å²) in [7, 11) is 0. The van der Waals surface area contributed by atoms with Crippen LogP contribution in [0.4, 0.5) is 0 Å². The topological polar surface area (TPSA) is 57.3 Å². The van der Waals surface area contributed by atoms with Crippen LogP contribution in [-0.2, 0) is 11.3 Å². The molecule has 0 fully saturated rings. The number of nitrogens with zero attached hydrogens (tertiary/aromatic N) is 2. The summed E-state index contributed by atoms with van der Waals surface area (Å²) in [5, 5.41) is 4.34. The van der Waals surface area contributed by atoms with Crippen molar-refractivity contribution < 1.29 is 13.9 Å². The fourth-order valence-corrected chi connectivity index (χ4v) is 2.82. The van der Waals surface area contributed by atoms with Crippen molar-refractivity contribution in [1.29, 1.82) is 0 Å². The van der Waals surface area contributed by atoms with Gasteiger partial charge in [0.15, 0.2) is 0 Å². The number of benzene rings is 1. The lowest BCUT2D eigenvalue weighted by molar-refractivity contribution is 0.0374. The van der Waals surface area contributed by atoms with Crippen LogP contribution >= 0.6 is 0 Å². The van der Waals surface area contributed by atoms with Gasteiger partial charge >= 0.3 is 5.97 Å². The van der Waals surface area contributed by atoms with Gasteiger partial charge < -0.3 is 9.15 Å². The molecule has 2 heterocycles. The Balaban J connectivity index is 2.10. The molecular formula is C20H22N2O3. The van der Waals surface area contributed by atoms with Crippen molar-refractivity contribution in [3.8, 4) is 11.3 Å². The van der Waals surface area contributed by atoms with Crippen molar-refractivity contribution >= 4 is 5.97 Å². The van der Waals surface area contributed by atoms with E-state index in [2.05, 4.69) is 5.10 Å². The lowest BCUT2D eigenvalue weighted by Crippen LogP contribution is -2.15. The summed E-state index contributed by atoms with van der Waals surface area (Å²) in [5.74, 6) is 0.877. The second-order valence-corrected chi connectivity index (χ2v) is 6.38. The van der Waals surface area contributed by atoms with Crippen LogP contribution in [0.15, 0.2) is 47.1 Å². The van der Waals surface area contributed by atoms with Gasteiger partial charge in [-0.15, -0.1) is 0 Å². The highest BCUT2D eigenvalue weighted by Gasteiger charge is 2.26. The fraction of sp³-hybridized carbons (Fsp3) is 0.300. The molecule has 2 aromatic heterocycles. The number of furan rings is 1. The minimum Gasteiger partial charge on any atom is -0.460 e. The molecule has 1 aromatic carbocycles. The van der Waals surface area contributed by atoms with Gasteiger partial charge in [0.25, 0.3) is 0 Å². The summed E-state index contributed by atoms with van der Waals surface area (Å²) in [6.07, 6.45) is 3.54. The van der Waals surface area contributed by atoms with E-state index in [0.717, 1.165) is 16.7 Å². The minimum absolute atomic E-state index is 0.193. The molecule has 0 amide bonds. The Labute approximate surface area is 147 Å². The first-order valence-corrected chi connectivity index (χ1v) is 8.33. The van der Waals surface area contributed by atoms with Crippen LogP contribution in [0.1, 0.15) is 41.1 Å². The first-order valence-electron chi connectivity index (χ1n) is 8.33. The van der Waals surface area contributed by atoms with Crippen LogP contribution in [0.2, 0.25) is 0 Å². The molecular weight excluding hydrogens is 316 g/mol. The molecule has 0 aliphatic rings. The molecule has 0 spiro atoms. The number of ether oxygens (including phenoxy) is 1. The monoisotopic (exact) mass is 338 g/mol. The van der Waals surface area contributed by atoms with E-state index >= 15 is 0 Å². The molecule has 0 radical (unpaired) electrons. The average Bonchev–Trinajstić information content (AvgIpc) is 3.11. The van der Waals surface area contributed by atoms with Crippen molar-refractivity contribution in [2.75, 3.05) is 0 Å². The highest BCUT2D eigenvalue weighted by atomic mass is 16.5. The Bertz CT molecular complexity index is 876. The maximum absolute atomic E-state index is 12.6. The number of rotatable bonds is 5. The van der Waals surface area contributed by atoms with Crippen molar-refractivity contribution in [2.24, 2.45) is 0 Å². The largest absolute Gasteiger partial charge is 0.460 e. The number of carbonyl (C=O) groups is 1. The number of hydrogen-bond donors (Lipinski definition) is 0. The van der Waals surface area contributed by atoms with Crippen LogP contribution < -0.4 is 0 Å². The van der Waals surface area contributed by atoms with Crippen LogP contribution in [0.5, 0.6) is 0 Å². The lowest BCUT2D eigenvalue weighted by atomic mass is 10.0. The summed E-state index contributed by atoms with van der Waals surface area (Å²) < 4.78 is 13.2. The van der Waals surface area contributed by atoms with Crippen LogP contribution in [0.25, 0.3) is 11.3 Å². The lowest BCUT2D eigenvalue weighted by Gasteiger charge is -2.10. The summed E-state index contributed by atoms with van der Waals surface area (Å²) in [5.41, 5.74) is 3.26. The molecule has 5 heteroatoms.